The van der Waals surface area contributed by atoms with Gasteiger partial charge in [-0.3, -0.25) is 4.79 Å². The Kier molecular flexibility index (Phi) is 5.97. The first kappa shape index (κ1) is 15.6. The van der Waals surface area contributed by atoms with E-state index in [9.17, 15) is 9.90 Å². The van der Waals surface area contributed by atoms with E-state index in [0.717, 1.165) is 0 Å². The number of allylic oxidation sites excluding steroid dienone is 1. The van der Waals surface area contributed by atoms with Crippen LogP contribution in [0.25, 0.3) is 0 Å². The molecule has 0 aromatic rings. The predicted molar refractivity (Wildman–Crippen MR) is 67.4 cm³/mol. The van der Waals surface area contributed by atoms with Crippen LogP contribution < -0.4 is 5.73 Å². The van der Waals surface area contributed by atoms with Crippen LogP contribution in [-0.2, 0) is 9.53 Å². The van der Waals surface area contributed by atoms with Gasteiger partial charge in [-0.1, -0.05) is 6.08 Å². The Morgan fingerprint density at radius 1 is 1.53 bits per heavy atom. The summed E-state index contributed by atoms with van der Waals surface area (Å²) in [6.45, 7) is 0.898. The predicted octanol–water partition coefficient (Wildman–Crippen LogP) is -1.35. The molecule has 1 aliphatic rings. The number of hydrogen-bond donors (Lipinski definition) is 4. The molecule has 1 amide bonds. The van der Waals surface area contributed by atoms with Crippen molar-refractivity contribution in [3.05, 3.63) is 24.0 Å². The first-order valence-corrected chi connectivity index (χ1v) is 5.99. The Morgan fingerprint density at radius 3 is 2.74 bits per heavy atom. The maximum atomic E-state index is 11.1. The highest BCUT2D eigenvalue weighted by atomic mass is 16.5. The van der Waals surface area contributed by atoms with E-state index in [2.05, 4.69) is 0 Å². The average molecular weight is 272 g/mol. The minimum atomic E-state index is -1.18. The van der Waals surface area contributed by atoms with E-state index in [4.69, 9.17) is 20.7 Å². The summed E-state index contributed by atoms with van der Waals surface area (Å²) < 4.78 is 5.44. The number of hydrogen-bond acceptors (Lipinski definition) is 6. The van der Waals surface area contributed by atoms with Gasteiger partial charge in [0.15, 0.2) is 6.23 Å². The third kappa shape index (κ3) is 4.32. The van der Waals surface area contributed by atoms with Crippen LogP contribution >= 0.6 is 0 Å². The molecule has 108 valence electrons. The highest BCUT2D eigenvalue weighted by Crippen LogP contribution is 2.18. The van der Waals surface area contributed by atoms with Gasteiger partial charge in [0.25, 0.3) is 0 Å². The van der Waals surface area contributed by atoms with Crippen LogP contribution in [0.3, 0.4) is 0 Å². The topological polar surface area (TPSA) is 116 Å². The fourth-order valence-electron chi connectivity index (χ4n) is 1.63. The summed E-state index contributed by atoms with van der Waals surface area (Å²) >= 11 is 0. The molecule has 0 spiro atoms. The van der Waals surface area contributed by atoms with Crippen molar-refractivity contribution in [3.8, 4) is 0 Å². The van der Waals surface area contributed by atoms with Crippen LogP contribution in [-0.4, -0.2) is 57.8 Å². The maximum absolute atomic E-state index is 11.1. The molecule has 1 aliphatic heterocycles. The van der Waals surface area contributed by atoms with Crippen LogP contribution in [0.2, 0.25) is 0 Å². The average Bonchev–Trinajstić information content (AvgIpc) is 2.43. The van der Waals surface area contributed by atoms with E-state index in [-0.39, 0.29) is 6.61 Å². The van der Waals surface area contributed by atoms with Gasteiger partial charge in [-0.15, -0.1) is 0 Å². The van der Waals surface area contributed by atoms with Crippen molar-refractivity contribution in [3.63, 3.8) is 0 Å². The quantitative estimate of drug-likeness (QED) is 0.455. The molecule has 5 N–H and O–H groups in total. The van der Waals surface area contributed by atoms with Crippen LogP contribution in [0.5, 0.6) is 0 Å². The van der Waals surface area contributed by atoms with Gasteiger partial charge in [0.2, 0.25) is 5.91 Å². The standard InChI is InChI=1S/C12H20N2O5/c1-8(6-15)19-12(10(17)7-16)14-4-2-3-9(5-14)11(13)18/h2,4-5,8,10,12,15-17H,3,6-7H2,1H3,(H2,13,18)/t8?,10-,12?/m1/s1. The second-order valence-electron chi connectivity index (χ2n) is 4.32. The Hall–Kier alpha value is -1.41. The van der Waals surface area contributed by atoms with Crippen molar-refractivity contribution in [2.75, 3.05) is 13.2 Å². The number of carbonyl (C=O) groups is 1. The minimum absolute atomic E-state index is 0.224. The summed E-state index contributed by atoms with van der Waals surface area (Å²) in [7, 11) is 0. The SMILES string of the molecule is CC(CO)OC([C@H](O)CO)N1C=CCC(C(N)=O)=C1. The van der Waals surface area contributed by atoms with E-state index in [1.807, 2.05) is 0 Å². The molecule has 7 nitrogen and oxygen atoms in total. The molecule has 7 heteroatoms. The lowest BCUT2D eigenvalue weighted by molar-refractivity contribution is -0.142. The summed E-state index contributed by atoms with van der Waals surface area (Å²) in [5.41, 5.74) is 5.58. The molecule has 0 aromatic carbocycles. The molecule has 1 heterocycles. The number of primary amides is 1. The third-order valence-electron chi connectivity index (χ3n) is 2.68. The van der Waals surface area contributed by atoms with Crippen molar-refractivity contribution >= 4 is 5.91 Å². The van der Waals surface area contributed by atoms with Gasteiger partial charge in [0, 0.05) is 18.0 Å². The Morgan fingerprint density at radius 2 is 2.21 bits per heavy atom. The Balaban J connectivity index is 2.87. The number of rotatable bonds is 7. The lowest BCUT2D eigenvalue weighted by Gasteiger charge is -2.34. The summed E-state index contributed by atoms with van der Waals surface area (Å²) in [5, 5.41) is 27.8. The highest BCUT2D eigenvalue weighted by molar-refractivity contribution is 5.92. The molecule has 0 aliphatic carbocycles. The van der Waals surface area contributed by atoms with Crippen molar-refractivity contribution in [1.82, 2.24) is 4.90 Å². The second-order valence-corrected chi connectivity index (χ2v) is 4.32. The van der Waals surface area contributed by atoms with Crippen LogP contribution in [0.15, 0.2) is 24.0 Å². The fraction of sp³-hybridized carbons (Fsp3) is 0.583. The lowest BCUT2D eigenvalue weighted by Crippen LogP contribution is -2.45. The molecule has 2 unspecified atom stereocenters. The second kappa shape index (κ2) is 7.25. The summed E-state index contributed by atoms with van der Waals surface area (Å²) in [5.74, 6) is -0.554. The number of aliphatic hydroxyl groups excluding tert-OH is 3. The zero-order chi connectivity index (χ0) is 14.4. The van der Waals surface area contributed by atoms with Gasteiger partial charge in [0.1, 0.15) is 6.10 Å². The smallest absolute Gasteiger partial charge is 0.246 e. The molecule has 0 fully saturated rings. The van der Waals surface area contributed by atoms with Crippen LogP contribution in [0, 0.1) is 0 Å². The normalized spacial score (nSPS) is 19.8. The number of nitrogens with two attached hydrogens (primary N) is 1. The van der Waals surface area contributed by atoms with Gasteiger partial charge >= 0.3 is 0 Å². The first-order valence-electron chi connectivity index (χ1n) is 5.99. The molecule has 0 bridgehead atoms. The monoisotopic (exact) mass is 272 g/mol. The van der Waals surface area contributed by atoms with E-state index in [1.54, 1.807) is 19.2 Å². The van der Waals surface area contributed by atoms with E-state index in [0.29, 0.717) is 12.0 Å². The van der Waals surface area contributed by atoms with E-state index < -0.39 is 30.9 Å². The molecular weight excluding hydrogens is 252 g/mol. The van der Waals surface area contributed by atoms with Crippen molar-refractivity contribution < 1.29 is 24.9 Å². The zero-order valence-electron chi connectivity index (χ0n) is 10.8. The van der Waals surface area contributed by atoms with Crippen LogP contribution in [0.1, 0.15) is 13.3 Å². The summed E-state index contributed by atoms with van der Waals surface area (Å²) in [6.07, 6.45) is 2.59. The van der Waals surface area contributed by atoms with Gasteiger partial charge in [0.05, 0.1) is 19.3 Å². The third-order valence-corrected chi connectivity index (χ3v) is 2.68. The number of ether oxygens (including phenoxy) is 1. The molecule has 0 radical (unpaired) electrons. The molecule has 0 saturated heterocycles. The van der Waals surface area contributed by atoms with Gasteiger partial charge in [-0.25, -0.2) is 0 Å². The molecule has 3 atom stereocenters. The minimum Gasteiger partial charge on any atom is -0.394 e. The maximum Gasteiger partial charge on any atom is 0.246 e. The number of aliphatic hydroxyl groups is 3. The van der Waals surface area contributed by atoms with E-state index in [1.165, 1.54) is 11.1 Å². The Labute approximate surface area is 111 Å². The molecule has 1 rings (SSSR count). The highest BCUT2D eigenvalue weighted by Gasteiger charge is 2.27. The molecular formula is C12H20N2O5. The van der Waals surface area contributed by atoms with Crippen molar-refractivity contribution in [1.29, 1.82) is 0 Å². The summed E-state index contributed by atoms with van der Waals surface area (Å²) in [6, 6.07) is 0. The van der Waals surface area contributed by atoms with Gasteiger partial charge in [-0.2, -0.15) is 0 Å². The molecule has 0 aromatic heterocycles. The van der Waals surface area contributed by atoms with Gasteiger partial charge < -0.3 is 30.7 Å². The zero-order valence-corrected chi connectivity index (χ0v) is 10.8. The van der Waals surface area contributed by atoms with Gasteiger partial charge in [-0.05, 0) is 13.3 Å². The fourth-order valence-corrected chi connectivity index (χ4v) is 1.63. The van der Waals surface area contributed by atoms with Crippen LogP contribution in [0.4, 0.5) is 0 Å². The van der Waals surface area contributed by atoms with Crippen molar-refractivity contribution in [2.24, 2.45) is 5.73 Å². The number of nitrogens with zero attached hydrogens (tertiary/aromatic N) is 1. The summed E-state index contributed by atoms with van der Waals surface area (Å²) in [4.78, 5) is 12.6. The molecule has 0 saturated carbocycles. The largest absolute Gasteiger partial charge is 0.394 e. The first-order chi connectivity index (χ1) is 8.99. The number of amides is 1. The van der Waals surface area contributed by atoms with Crippen molar-refractivity contribution in [2.45, 2.75) is 31.8 Å². The Bertz CT molecular complexity index is 369. The molecule has 19 heavy (non-hydrogen) atoms. The lowest BCUT2D eigenvalue weighted by atomic mass is 10.1. The number of carbonyl (C=O) groups excluding carboxylic acids is 1. The van der Waals surface area contributed by atoms with E-state index >= 15 is 0 Å².